The Morgan fingerprint density at radius 2 is 2.05 bits per heavy atom. The third-order valence-corrected chi connectivity index (χ3v) is 3.28. The molecule has 0 saturated carbocycles. The van der Waals surface area contributed by atoms with E-state index in [2.05, 4.69) is 5.32 Å². The van der Waals surface area contributed by atoms with E-state index in [0.29, 0.717) is 17.1 Å². The van der Waals surface area contributed by atoms with E-state index in [0.717, 1.165) is 16.8 Å². The second-order valence-corrected chi connectivity index (χ2v) is 5.09. The van der Waals surface area contributed by atoms with Gasteiger partial charge in [0.1, 0.15) is 5.82 Å². The molecule has 0 fully saturated rings. The van der Waals surface area contributed by atoms with Crippen molar-refractivity contribution in [2.45, 2.75) is 13.5 Å². The summed E-state index contributed by atoms with van der Waals surface area (Å²) in [6.45, 7) is 2.32. The second-order valence-electron chi connectivity index (χ2n) is 4.65. The van der Waals surface area contributed by atoms with E-state index < -0.39 is 5.97 Å². The molecule has 0 bridgehead atoms. The standard InChI is InChI=1S/C16H15ClFNO2/c1-10-3-4-12(16(20)21-2)7-15(10)19-9-11-5-13(17)8-14(18)6-11/h3-8,19H,9H2,1-2H3. The SMILES string of the molecule is COC(=O)c1ccc(C)c(NCc2cc(F)cc(Cl)c2)c1. The monoisotopic (exact) mass is 307 g/mol. The zero-order chi connectivity index (χ0) is 15.4. The van der Waals surface area contributed by atoms with Crippen LogP contribution in [-0.4, -0.2) is 13.1 Å². The molecule has 0 amide bonds. The zero-order valence-electron chi connectivity index (χ0n) is 11.7. The van der Waals surface area contributed by atoms with E-state index in [1.807, 2.05) is 13.0 Å². The highest BCUT2D eigenvalue weighted by Crippen LogP contribution is 2.20. The van der Waals surface area contributed by atoms with Crippen LogP contribution in [0.5, 0.6) is 0 Å². The van der Waals surface area contributed by atoms with Crippen molar-refractivity contribution in [2.75, 3.05) is 12.4 Å². The number of halogens is 2. The first-order valence-electron chi connectivity index (χ1n) is 6.37. The van der Waals surface area contributed by atoms with Gasteiger partial charge in [0.15, 0.2) is 0 Å². The third kappa shape index (κ3) is 3.95. The van der Waals surface area contributed by atoms with Crippen molar-refractivity contribution < 1.29 is 13.9 Å². The Balaban J connectivity index is 2.17. The summed E-state index contributed by atoms with van der Waals surface area (Å²) in [4.78, 5) is 11.5. The molecule has 3 nitrogen and oxygen atoms in total. The fraction of sp³-hybridized carbons (Fsp3) is 0.188. The number of rotatable bonds is 4. The van der Waals surface area contributed by atoms with E-state index in [1.54, 1.807) is 18.2 Å². The van der Waals surface area contributed by atoms with E-state index in [-0.39, 0.29) is 5.82 Å². The average molecular weight is 308 g/mol. The van der Waals surface area contributed by atoms with E-state index in [4.69, 9.17) is 16.3 Å². The number of carbonyl (C=O) groups is 1. The lowest BCUT2D eigenvalue weighted by Crippen LogP contribution is -2.05. The Kier molecular flexibility index (Phi) is 4.81. The van der Waals surface area contributed by atoms with Crippen LogP contribution in [0.2, 0.25) is 5.02 Å². The Labute approximate surface area is 127 Å². The van der Waals surface area contributed by atoms with Gasteiger partial charge in [0.25, 0.3) is 0 Å². The van der Waals surface area contributed by atoms with Crippen molar-refractivity contribution in [1.29, 1.82) is 0 Å². The fourth-order valence-electron chi connectivity index (χ4n) is 1.97. The normalized spacial score (nSPS) is 10.3. The summed E-state index contributed by atoms with van der Waals surface area (Å²) in [5, 5.41) is 3.52. The highest BCUT2D eigenvalue weighted by Gasteiger charge is 2.08. The number of ether oxygens (including phenoxy) is 1. The molecule has 110 valence electrons. The van der Waals surface area contributed by atoms with Gasteiger partial charge in [0.2, 0.25) is 0 Å². The first-order valence-corrected chi connectivity index (χ1v) is 6.75. The van der Waals surface area contributed by atoms with Gasteiger partial charge in [-0.3, -0.25) is 0 Å². The summed E-state index contributed by atoms with van der Waals surface area (Å²) in [6.07, 6.45) is 0. The number of anilines is 1. The summed E-state index contributed by atoms with van der Waals surface area (Å²) in [7, 11) is 1.34. The van der Waals surface area contributed by atoms with Crippen LogP contribution in [0.4, 0.5) is 10.1 Å². The molecule has 0 atom stereocenters. The fourth-order valence-corrected chi connectivity index (χ4v) is 2.21. The smallest absolute Gasteiger partial charge is 0.337 e. The van der Waals surface area contributed by atoms with Crippen LogP contribution in [0.1, 0.15) is 21.5 Å². The number of methoxy groups -OCH3 is 1. The van der Waals surface area contributed by atoms with Crippen molar-refractivity contribution in [1.82, 2.24) is 0 Å². The Morgan fingerprint density at radius 3 is 2.71 bits per heavy atom. The van der Waals surface area contributed by atoms with Gasteiger partial charge in [-0.05, 0) is 48.4 Å². The Bertz CT molecular complexity index is 653. The van der Waals surface area contributed by atoms with Crippen LogP contribution >= 0.6 is 11.6 Å². The molecule has 5 heteroatoms. The van der Waals surface area contributed by atoms with Crippen LogP contribution in [-0.2, 0) is 11.3 Å². The van der Waals surface area contributed by atoms with Gasteiger partial charge in [-0.25, -0.2) is 9.18 Å². The molecule has 21 heavy (non-hydrogen) atoms. The molecule has 0 radical (unpaired) electrons. The van der Waals surface area contributed by atoms with Gasteiger partial charge in [-0.1, -0.05) is 17.7 Å². The molecule has 0 heterocycles. The van der Waals surface area contributed by atoms with Gasteiger partial charge < -0.3 is 10.1 Å². The molecular formula is C16H15ClFNO2. The number of benzene rings is 2. The highest BCUT2D eigenvalue weighted by molar-refractivity contribution is 6.30. The number of aryl methyl sites for hydroxylation is 1. The molecule has 0 spiro atoms. The Hall–Kier alpha value is -2.07. The maximum absolute atomic E-state index is 13.3. The molecule has 0 aliphatic carbocycles. The minimum atomic E-state index is -0.396. The van der Waals surface area contributed by atoms with Crippen LogP contribution in [0.25, 0.3) is 0 Å². The molecule has 2 rings (SSSR count). The predicted octanol–water partition coefficient (Wildman–Crippen LogP) is 4.19. The number of carbonyl (C=O) groups excluding carboxylic acids is 1. The van der Waals surface area contributed by atoms with Gasteiger partial charge in [-0.2, -0.15) is 0 Å². The molecule has 2 aromatic carbocycles. The van der Waals surface area contributed by atoms with Crippen molar-refractivity contribution >= 4 is 23.3 Å². The molecular weight excluding hydrogens is 293 g/mol. The van der Waals surface area contributed by atoms with Crippen LogP contribution in [0.15, 0.2) is 36.4 Å². The lowest BCUT2D eigenvalue weighted by Gasteiger charge is -2.11. The number of hydrogen-bond donors (Lipinski definition) is 1. The van der Waals surface area contributed by atoms with Crippen LogP contribution in [0.3, 0.4) is 0 Å². The van der Waals surface area contributed by atoms with Crippen molar-refractivity contribution in [3.63, 3.8) is 0 Å². The molecule has 1 N–H and O–H groups in total. The number of nitrogens with one attached hydrogen (secondary N) is 1. The quantitative estimate of drug-likeness (QED) is 0.861. The van der Waals surface area contributed by atoms with E-state index in [9.17, 15) is 9.18 Å². The van der Waals surface area contributed by atoms with E-state index >= 15 is 0 Å². The first-order chi connectivity index (χ1) is 9.99. The van der Waals surface area contributed by atoms with Crippen molar-refractivity contribution in [2.24, 2.45) is 0 Å². The summed E-state index contributed by atoms with van der Waals surface area (Å²) < 4.78 is 18.0. The topological polar surface area (TPSA) is 38.3 Å². The van der Waals surface area contributed by atoms with Crippen molar-refractivity contribution in [3.05, 3.63) is 63.9 Å². The van der Waals surface area contributed by atoms with Gasteiger partial charge in [0, 0.05) is 17.3 Å². The molecule has 2 aromatic rings. The summed E-state index contributed by atoms with van der Waals surface area (Å²) in [5.74, 6) is -0.772. The lowest BCUT2D eigenvalue weighted by atomic mass is 10.1. The summed E-state index contributed by atoms with van der Waals surface area (Å²) >= 11 is 5.82. The lowest BCUT2D eigenvalue weighted by molar-refractivity contribution is 0.0601. The van der Waals surface area contributed by atoms with Crippen LogP contribution < -0.4 is 5.32 Å². The van der Waals surface area contributed by atoms with E-state index in [1.165, 1.54) is 19.2 Å². The number of esters is 1. The van der Waals surface area contributed by atoms with Gasteiger partial charge in [-0.15, -0.1) is 0 Å². The molecule has 0 aliphatic rings. The van der Waals surface area contributed by atoms with Crippen molar-refractivity contribution in [3.8, 4) is 0 Å². The second kappa shape index (κ2) is 6.59. The summed E-state index contributed by atoms with van der Waals surface area (Å²) in [6, 6.07) is 9.60. The van der Waals surface area contributed by atoms with Gasteiger partial charge >= 0.3 is 5.97 Å². The maximum Gasteiger partial charge on any atom is 0.337 e. The minimum Gasteiger partial charge on any atom is -0.465 e. The molecule has 0 unspecified atom stereocenters. The van der Waals surface area contributed by atoms with Crippen LogP contribution in [0, 0.1) is 12.7 Å². The molecule has 0 aromatic heterocycles. The summed E-state index contributed by atoms with van der Waals surface area (Å²) in [5.41, 5.74) is 2.95. The minimum absolute atomic E-state index is 0.354. The predicted molar refractivity (Wildman–Crippen MR) is 81.3 cm³/mol. The number of hydrogen-bond acceptors (Lipinski definition) is 3. The average Bonchev–Trinajstić information content (AvgIpc) is 2.44. The maximum atomic E-state index is 13.3. The third-order valence-electron chi connectivity index (χ3n) is 3.06. The molecule has 0 saturated heterocycles. The molecule has 0 aliphatic heterocycles. The highest BCUT2D eigenvalue weighted by atomic mass is 35.5. The Morgan fingerprint density at radius 1 is 1.29 bits per heavy atom. The largest absolute Gasteiger partial charge is 0.465 e. The first kappa shape index (κ1) is 15.3. The van der Waals surface area contributed by atoms with Gasteiger partial charge in [0.05, 0.1) is 12.7 Å². The zero-order valence-corrected chi connectivity index (χ0v) is 12.5.